The molecule has 0 unspecified atom stereocenters. The molecule has 168 valence electrons. The maximum atomic E-state index is 13.0. The number of nitrogens with one attached hydrogen (secondary N) is 1. The van der Waals surface area contributed by atoms with Crippen LogP contribution >= 0.6 is 0 Å². The first-order valence-electron chi connectivity index (χ1n) is 11.2. The first-order valence-corrected chi connectivity index (χ1v) is 11.2. The number of aromatic nitrogens is 2. The molecule has 3 rings (SSSR count). The smallest absolute Gasteiger partial charge is 0.245 e. The van der Waals surface area contributed by atoms with Gasteiger partial charge in [-0.15, -0.1) is 0 Å². The average molecular weight is 425 g/mol. The number of hydrogen-bond donors (Lipinski definition) is 1. The van der Waals surface area contributed by atoms with Gasteiger partial charge in [0.2, 0.25) is 11.8 Å². The third kappa shape index (κ3) is 5.54. The number of carbonyl (C=O) groups is 2. The molecule has 0 bridgehead atoms. The monoisotopic (exact) mass is 424 g/mol. The number of anilines is 1. The van der Waals surface area contributed by atoms with Gasteiger partial charge in [0.25, 0.3) is 0 Å². The van der Waals surface area contributed by atoms with E-state index >= 15 is 0 Å². The number of rotatable bonds is 7. The summed E-state index contributed by atoms with van der Waals surface area (Å²) in [6.45, 7) is 15.2. The molecule has 0 saturated heterocycles. The molecule has 0 aliphatic heterocycles. The fourth-order valence-corrected chi connectivity index (χ4v) is 3.60. The van der Waals surface area contributed by atoms with E-state index in [1.54, 1.807) is 4.90 Å². The highest BCUT2D eigenvalue weighted by molar-refractivity contribution is 5.94. The van der Waals surface area contributed by atoms with E-state index in [9.17, 15) is 9.59 Å². The summed E-state index contributed by atoms with van der Waals surface area (Å²) in [6.07, 6.45) is 1.87. The molecular formula is C25H36N4O2. The number of carbonyl (C=O) groups excluding carboxylic acids is 2. The van der Waals surface area contributed by atoms with Crippen LogP contribution in [0.4, 0.5) is 5.82 Å². The van der Waals surface area contributed by atoms with Crippen molar-refractivity contribution in [2.45, 2.75) is 66.7 Å². The van der Waals surface area contributed by atoms with Crippen molar-refractivity contribution < 1.29 is 9.59 Å². The Balaban J connectivity index is 1.88. The van der Waals surface area contributed by atoms with Crippen LogP contribution in [-0.4, -0.2) is 39.6 Å². The Kier molecular flexibility index (Phi) is 6.58. The van der Waals surface area contributed by atoms with Crippen LogP contribution in [0, 0.1) is 25.7 Å². The third-order valence-electron chi connectivity index (χ3n) is 5.71. The van der Waals surface area contributed by atoms with Gasteiger partial charge in [0.15, 0.2) is 0 Å². The van der Waals surface area contributed by atoms with E-state index in [0.29, 0.717) is 18.3 Å². The molecule has 1 saturated carbocycles. The zero-order valence-electron chi connectivity index (χ0n) is 20.0. The van der Waals surface area contributed by atoms with Crippen molar-refractivity contribution in [1.29, 1.82) is 0 Å². The van der Waals surface area contributed by atoms with E-state index in [4.69, 9.17) is 5.10 Å². The molecule has 0 atom stereocenters. The van der Waals surface area contributed by atoms with Gasteiger partial charge in [-0.3, -0.25) is 9.59 Å². The lowest BCUT2D eigenvalue weighted by molar-refractivity contribution is -0.136. The summed E-state index contributed by atoms with van der Waals surface area (Å²) >= 11 is 0. The van der Waals surface area contributed by atoms with Crippen LogP contribution in [0.25, 0.3) is 5.69 Å². The molecule has 1 heterocycles. The zero-order valence-corrected chi connectivity index (χ0v) is 20.0. The number of hydrogen-bond acceptors (Lipinski definition) is 3. The third-order valence-corrected chi connectivity index (χ3v) is 5.71. The number of benzene rings is 1. The normalized spacial score (nSPS) is 14.1. The lowest BCUT2D eigenvalue weighted by Gasteiger charge is -2.24. The van der Waals surface area contributed by atoms with Crippen LogP contribution in [-0.2, 0) is 15.0 Å². The maximum absolute atomic E-state index is 13.0. The Morgan fingerprint density at radius 1 is 1.23 bits per heavy atom. The quantitative estimate of drug-likeness (QED) is 0.705. The molecule has 1 aliphatic rings. The summed E-state index contributed by atoms with van der Waals surface area (Å²) in [7, 11) is 0. The van der Waals surface area contributed by atoms with Crippen molar-refractivity contribution in [3.63, 3.8) is 0 Å². The molecule has 31 heavy (non-hydrogen) atoms. The highest BCUT2D eigenvalue weighted by Gasteiger charge is 2.34. The fourth-order valence-electron chi connectivity index (χ4n) is 3.60. The Morgan fingerprint density at radius 3 is 2.48 bits per heavy atom. The van der Waals surface area contributed by atoms with Crippen molar-refractivity contribution in [2.75, 3.05) is 18.4 Å². The zero-order chi connectivity index (χ0) is 22.9. The van der Waals surface area contributed by atoms with Gasteiger partial charge in [0, 0.05) is 23.9 Å². The van der Waals surface area contributed by atoms with Crippen LogP contribution in [0.3, 0.4) is 0 Å². The standard InChI is InChI=1S/C25H36N4O2/c1-16(2)14-28(24(31)19-11-12-19)15-23(30)26-22-13-21(25(5,6)7)27-29(22)20-10-8-9-17(3)18(20)4/h8-10,13,16,19H,11-12,14-15H2,1-7H3,(H,26,30). The van der Waals surface area contributed by atoms with Crippen molar-refractivity contribution >= 4 is 17.6 Å². The lowest BCUT2D eigenvalue weighted by atomic mass is 9.92. The predicted molar refractivity (Wildman–Crippen MR) is 125 cm³/mol. The highest BCUT2D eigenvalue weighted by atomic mass is 16.2. The van der Waals surface area contributed by atoms with Crippen LogP contribution in [0.5, 0.6) is 0 Å². The molecule has 1 fully saturated rings. The van der Waals surface area contributed by atoms with E-state index in [0.717, 1.165) is 29.8 Å². The highest BCUT2D eigenvalue weighted by Crippen LogP contribution is 2.31. The van der Waals surface area contributed by atoms with Crippen molar-refractivity contribution in [2.24, 2.45) is 11.8 Å². The Bertz CT molecular complexity index is 964. The van der Waals surface area contributed by atoms with Gasteiger partial charge < -0.3 is 10.2 Å². The van der Waals surface area contributed by atoms with Crippen LogP contribution < -0.4 is 5.32 Å². The molecule has 1 N–H and O–H groups in total. The van der Waals surface area contributed by atoms with E-state index in [2.05, 4.69) is 59.8 Å². The molecule has 0 spiro atoms. The second-order valence-electron chi connectivity index (χ2n) is 10.2. The van der Waals surface area contributed by atoms with Crippen LogP contribution in [0.15, 0.2) is 24.3 Å². The minimum Gasteiger partial charge on any atom is -0.333 e. The summed E-state index contributed by atoms with van der Waals surface area (Å²) in [5, 5.41) is 7.86. The molecule has 2 amide bonds. The second-order valence-corrected chi connectivity index (χ2v) is 10.2. The minimum absolute atomic E-state index is 0.0658. The Labute approximate surface area is 186 Å². The second kappa shape index (κ2) is 8.85. The van der Waals surface area contributed by atoms with E-state index in [1.165, 1.54) is 5.56 Å². The first-order chi connectivity index (χ1) is 14.5. The molecule has 1 aromatic heterocycles. The fraction of sp³-hybridized carbons (Fsp3) is 0.560. The van der Waals surface area contributed by atoms with Crippen molar-refractivity contribution in [3.05, 3.63) is 41.1 Å². The molecule has 1 aliphatic carbocycles. The summed E-state index contributed by atoms with van der Waals surface area (Å²) in [4.78, 5) is 27.4. The number of aryl methyl sites for hydroxylation is 1. The Hall–Kier alpha value is -2.63. The van der Waals surface area contributed by atoms with Crippen molar-refractivity contribution in [1.82, 2.24) is 14.7 Å². The number of amides is 2. The largest absolute Gasteiger partial charge is 0.333 e. The molecule has 1 aromatic carbocycles. The van der Waals surface area contributed by atoms with Crippen LogP contribution in [0.2, 0.25) is 0 Å². The maximum Gasteiger partial charge on any atom is 0.245 e. The SMILES string of the molecule is Cc1cccc(-n2nc(C(C)(C)C)cc2NC(=O)CN(CC(C)C)C(=O)C2CC2)c1C. The summed E-state index contributed by atoms with van der Waals surface area (Å²) < 4.78 is 1.82. The number of nitrogens with zero attached hydrogens (tertiary/aromatic N) is 3. The van der Waals surface area contributed by atoms with E-state index in [1.807, 2.05) is 22.9 Å². The molecule has 0 radical (unpaired) electrons. The average Bonchev–Trinajstić information content (AvgIpc) is 3.42. The lowest BCUT2D eigenvalue weighted by Crippen LogP contribution is -2.41. The topological polar surface area (TPSA) is 67.2 Å². The molecular weight excluding hydrogens is 388 g/mol. The molecule has 6 nitrogen and oxygen atoms in total. The van der Waals surface area contributed by atoms with E-state index in [-0.39, 0.29) is 29.7 Å². The van der Waals surface area contributed by atoms with Gasteiger partial charge in [0.05, 0.1) is 17.9 Å². The van der Waals surface area contributed by atoms with Gasteiger partial charge in [-0.05, 0) is 49.8 Å². The summed E-state index contributed by atoms with van der Waals surface area (Å²) in [6, 6.07) is 8.02. The Morgan fingerprint density at radius 2 is 1.90 bits per heavy atom. The van der Waals surface area contributed by atoms with Gasteiger partial charge in [-0.25, -0.2) is 4.68 Å². The van der Waals surface area contributed by atoms with Gasteiger partial charge in [-0.1, -0.05) is 46.8 Å². The predicted octanol–water partition coefficient (Wildman–Crippen LogP) is 4.62. The summed E-state index contributed by atoms with van der Waals surface area (Å²) in [5.74, 6) is 0.943. The summed E-state index contributed by atoms with van der Waals surface area (Å²) in [5.41, 5.74) is 3.97. The van der Waals surface area contributed by atoms with Crippen molar-refractivity contribution in [3.8, 4) is 5.69 Å². The van der Waals surface area contributed by atoms with Crippen LogP contribution in [0.1, 0.15) is 64.3 Å². The van der Waals surface area contributed by atoms with E-state index < -0.39 is 0 Å². The molecule has 6 heteroatoms. The molecule has 2 aromatic rings. The minimum atomic E-state index is -0.193. The van der Waals surface area contributed by atoms with Gasteiger partial charge >= 0.3 is 0 Å². The van der Waals surface area contributed by atoms with Gasteiger partial charge in [0.1, 0.15) is 5.82 Å². The van der Waals surface area contributed by atoms with Gasteiger partial charge in [-0.2, -0.15) is 5.10 Å². The first kappa shape index (κ1) is 23.0.